The standard InChI is InChI=1S/C10H15NO/c1-8-9-6-4-2-3-5-7-10(9)12-11-8/h2-3,9-10H,4-7H2,1H3/t9-,10+/m1/s1. The first kappa shape index (κ1) is 7.84. The van der Waals surface area contributed by atoms with E-state index in [1.807, 2.05) is 0 Å². The molecule has 1 aliphatic carbocycles. The molecule has 2 heteroatoms. The van der Waals surface area contributed by atoms with Gasteiger partial charge >= 0.3 is 0 Å². The predicted molar refractivity (Wildman–Crippen MR) is 49.1 cm³/mol. The van der Waals surface area contributed by atoms with Gasteiger partial charge < -0.3 is 4.84 Å². The summed E-state index contributed by atoms with van der Waals surface area (Å²) in [7, 11) is 0. The maximum absolute atomic E-state index is 5.36. The van der Waals surface area contributed by atoms with Crippen molar-refractivity contribution in [2.45, 2.75) is 38.7 Å². The second kappa shape index (κ2) is 3.30. The van der Waals surface area contributed by atoms with Crippen LogP contribution in [0.5, 0.6) is 0 Å². The van der Waals surface area contributed by atoms with Gasteiger partial charge in [-0.15, -0.1) is 0 Å². The third-order valence-corrected chi connectivity index (χ3v) is 2.75. The number of hydrogen-bond donors (Lipinski definition) is 0. The monoisotopic (exact) mass is 165 g/mol. The quantitative estimate of drug-likeness (QED) is 0.505. The number of oxime groups is 1. The molecule has 0 aromatic carbocycles. The number of fused-ring (bicyclic) bond motifs is 1. The molecular weight excluding hydrogens is 150 g/mol. The summed E-state index contributed by atoms with van der Waals surface area (Å²) in [6.45, 7) is 2.08. The Morgan fingerprint density at radius 3 is 2.92 bits per heavy atom. The van der Waals surface area contributed by atoms with Gasteiger partial charge in [0.1, 0.15) is 6.10 Å². The van der Waals surface area contributed by atoms with Gasteiger partial charge in [0.05, 0.1) is 5.71 Å². The molecule has 0 spiro atoms. The molecule has 0 amide bonds. The van der Waals surface area contributed by atoms with Crippen LogP contribution in [0.4, 0.5) is 0 Å². The van der Waals surface area contributed by atoms with Gasteiger partial charge in [-0.25, -0.2) is 0 Å². The SMILES string of the molecule is CC1=NO[C@H]2CCC=CCC[C@H]12. The molecule has 0 bridgehead atoms. The van der Waals surface area contributed by atoms with Crippen LogP contribution >= 0.6 is 0 Å². The van der Waals surface area contributed by atoms with Crippen molar-refractivity contribution in [3.63, 3.8) is 0 Å². The Balaban J connectivity index is 2.06. The van der Waals surface area contributed by atoms with E-state index in [-0.39, 0.29) is 0 Å². The Labute approximate surface area is 73.3 Å². The summed E-state index contributed by atoms with van der Waals surface area (Å²) in [4.78, 5) is 5.36. The smallest absolute Gasteiger partial charge is 0.136 e. The van der Waals surface area contributed by atoms with Gasteiger partial charge in [-0.1, -0.05) is 17.3 Å². The predicted octanol–water partition coefficient (Wildman–Crippen LogP) is 2.51. The van der Waals surface area contributed by atoms with Crippen LogP contribution in [0.2, 0.25) is 0 Å². The van der Waals surface area contributed by atoms with Crippen LogP contribution in [-0.2, 0) is 4.84 Å². The van der Waals surface area contributed by atoms with E-state index in [9.17, 15) is 0 Å². The van der Waals surface area contributed by atoms with Gasteiger partial charge in [-0.3, -0.25) is 0 Å². The van der Waals surface area contributed by atoms with Crippen molar-refractivity contribution in [1.82, 2.24) is 0 Å². The fraction of sp³-hybridized carbons (Fsp3) is 0.700. The lowest BCUT2D eigenvalue weighted by Crippen LogP contribution is -2.22. The molecule has 2 nitrogen and oxygen atoms in total. The first-order valence-electron chi connectivity index (χ1n) is 4.73. The fourth-order valence-corrected chi connectivity index (χ4v) is 1.98. The van der Waals surface area contributed by atoms with E-state index in [1.54, 1.807) is 0 Å². The topological polar surface area (TPSA) is 21.6 Å². The summed E-state index contributed by atoms with van der Waals surface area (Å²) in [6, 6.07) is 0. The van der Waals surface area contributed by atoms with E-state index in [4.69, 9.17) is 4.84 Å². The van der Waals surface area contributed by atoms with E-state index in [1.165, 1.54) is 18.6 Å². The van der Waals surface area contributed by atoms with Gasteiger partial charge in [0, 0.05) is 5.92 Å². The Morgan fingerprint density at radius 2 is 2.08 bits per heavy atom. The minimum Gasteiger partial charge on any atom is -0.392 e. The molecule has 2 atom stereocenters. The molecule has 2 rings (SSSR count). The molecule has 1 heterocycles. The highest BCUT2D eigenvalue weighted by Crippen LogP contribution is 2.28. The lowest BCUT2D eigenvalue weighted by atomic mass is 9.89. The first-order chi connectivity index (χ1) is 5.88. The summed E-state index contributed by atoms with van der Waals surface area (Å²) in [5.74, 6) is 0.593. The average Bonchev–Trinajstić information content (AvgIpc) is 2.31. The third-order valence-electron chi connectivity index (χ3n) is 2.75. The highest BCUT2D eigenvalue weighted by atomic mass is 16.6. The zero-order valence-electron chi connectivity index (χ0n) is 7.49. The number of hydrogen-bond acceptors (Lipinski definition) is 2. The number of rotatable bonds is 0. The third kappa shape index (κ3) is 1.38. The van der Waals surface area contributed by atoms with Crippen molar-refractivity contribution in [3.05, 3.63) is 12.2 Å². The van der Waals surface area contributed by atoms with E-state index in [0.29, 0.717) is 12.0 Å². The molecule has 0 aromatic rings. The molecule has 66 valence electrons. The highest BCUT2D eigenvalue weighted by Gasteiger charge is 2.30. The Hall–Kier alpha value is -0.790. The zero-order chi connectivity index (χ0) is 8.39. The lowest BCUT2D eigenvalue weighted by molar-refractivity contribution is 0.0538. The van der Waals surface area contributed by atoms with Crippen molar-refractivity contribution < 1.29 is 4.84 Å². The van der Waals surface area contributed by atoms with Gasteiger partial charge in [0.2, 0.25) is 0 Å². The summed E-state index contributed by atoms with van der Waals surface area (Å²) >= 11 is 0. The molecule has 0 saturated carbocycles. The molecule has 0 radical (unpaired) electrons. The van der Waals surface area contributed by atoms with Crippen LogP contribution in [0.3, 0.4) is 0 Å². The van der Waals surface area contributed by atoms with E-state index in [0.717, 1.165) is 12.8 Å². The van der Waals surface area contributed by atoms with Gasteiger partial charge in [0.25, 0.3) is 0 Å². The fourth-order valence-electron chi connectivity index (χ4n) is 1.98. The van der Waals surface area contributed by atoms with Gasteiger partial charge in [-0.2, -0.15) is 0 Å². The van der Waals surface area contributed by atoms with Crippen molar-refractivity contribution in [1.29, 1.82) is 0 Å². The van der Waals surface area contributed by atoms with Crippen molar-refractivity contribution >= 4 is 5.71 Å². The molecule has 0 fully saturated rings. The van der Waals surface area contributed by atoms with E-state index < -0.39 is 0 Å². The largest absolute Gasteiger partial charge is 0.392 e. The van der Waals surface area contributed by atoms with Crippen LogP contribution in [0.25, 0.3) is 0 Å². The first-order valence-corrected chi connectivity index (χ1v) is 4.73. The summed E-state index contributed by atoms with van der Waals surface area (Å²) < 4.78 is 0. The Morgan fingerprint density at radius 1 is 1.33 bits per heavy atom. The minimum atomic E-state index is 0.370. The average molecular weight is 165 g/mol. The van der Waals surface area contributed by atoms with Crippen molar-refractivity contribution in [3.8, 4) is 0 Å². The Bertz CT molecular complexity index is 220. The second-order valence-corrected chi connectivity index (χ2v) is 3.61. The summed E-state index contributed by atoms with van der Waals surface area (Å²) in [5, 5.41) is 4.05. The lowest BCUT2D eigenvalue weighted by Gasteiger charge is -2.17. The zero-order valence-corrected chi connectivity index (χ0v) is 7.49. The number of nitrogens with zero attached hydrogens (tertiary/aromatic N) is 1. The summed E-state index contributed by atoms with van der Waals surface area (Å²) in [5.41, 5.74) is 1.19. The van der Waals surface area contributed by atoms with Crippen LogP contribution in [0.15, 0.2) is 17.3 Å². The summed E-state index contributed by atoms with van der Waals surface area (Å²) in [6.07, 6.45) is 9.56. The highest BCUT2D eigenvalue weighted by molar-refractivity contribution is 5.85. The molecular formula is C10H15NO. The molecule has 0 unspecified atom stereocenters. The second-order valence-electron chi connectivity index (χ2n) is 3.61. The minimum absolute atomic E-state index is 0.370. The van der Waals surface area contributed by atoms with Gasteiger partial charge in [0.15, 0.2) is 0 Å². The van der Waals surface area contributed by atoms with Crippen LogP contribution < -0.4 is 0 Å². The van der Waals surface area contributed by atoms with Gasteiger partial charge in [-0.05, 0) is 32.6 Å². The molecule has 1 aliphatic heterocycles. The molecule has 0 N–H and O–H groups in total. The Kier molecular flexibility index (Phi) is 2.15. The van der Waals surface area contributed by atoms with Crippen LogP contribution in [0.1, 0.15) is 32.6 Å². The van der Waals surface area contributed by atoms with Crippen LogP contribution in [-0.4, -0.2) is 11.8 Å². The van der Waals surface area contributed by atoms with Crippen LogP contribution in [0, 0.1) is 5.92 Å². The maximum Gasteiger partial charge on any atom is 0.136 e. The molecule has 2 aliphatic rings. The van der Waals surface area contributed by atoms with Crippen molar-refractivity contribution in [2.75, 3.05) is 0 Å². The molecule has 0 saturated heterocycles. The normalized spacial score (nSPS) is 34.6. The van der Waals surface area contributed by atoms with E-state index >= 15 is 0 Å². The van der Waals surface area contributed by atoms with E-state index in [2.05, 4.69) is 24.2 Å². The van der Waals surface area contributed by atoms with Crippen molar-refractivity contribution in [2.24, 2.45) is 11.1 Å². The molecule has 0 aromatic heterocycles. The maximum atomic E-state index is 5.36. The number of allylic oxidation sites excluding steroid dienone is 2. The molecule has 12 heavy (non-hydrogen) atoms.